The van der Waals surface area contributed by atoms with Gasteiger partial charge in [-0.25, -0.2) is 0 Å². The average Bonchev–Trinajstić information content (AvgIpc) is 2.24. The van der Waals surface area contributed by atoms with Crippen LogP contribution in [0, 0.1) is 0 Å². The van der Waals surface area contributed by atoms with Crippen molar-refractivity contribution in [3.63, 3.8) is 0 Å². The fraction of sp³-hybridized carbons (Fsp3) is 0.500. The van der Waals surface area contributed by atoms with E-state index in [1.807, 2.05) is 12.1 Å². The van der Waals surface area contributed by atoms with E-state index < -0.39 is 5.24 Å². The van der Waals surface area contributed by atoms with Gasteiger partial charge in [0.2, 0.25) is 0 Å². The second kappa shape index (κ2) is 5.65. The molecule has 1 rings (SSSR count). The third kappa shape index (κ3) is 4.14. The number of rotatable bonds is 4. The smallest absolute Gasteiger partial charge is 0.252 e. The predicted octanol–water partition coefficient (Wildman–Crippen LogP) is 3.69. The molecule has 0 unspecified atom stereocenters. The van der Waals surface area contributed by atoms with Crippen LogP contribution in [-0.4, -0.2) is 22.2 Å². The third-order valence-electron chi connectivity index (χ3n) is 2.88. The van der Waals surface area contributed by atoms with Crippen molar-refractivity contribution in [3.05, 3.63) is 35.4 Å². The molecule has 1 aromatic rings. The Hall–Kier alpha value is -0.860. The summed E-state index contributed by atoms with van der Waals surface area (Å²) in [5, 5.41) is -0.403. The molecule has 0 spiro atoms. The molecule has 0 aromatic heterocycles. The lowest BCUT2D eigenvalue weighted by Crippen LogP contribution is -2.40. The quantitative estimate of drug-likeness (QED) is 0.763. The molecule has 0 N–H and O–H groups in total. The van der Waals surface area contributed by atoms with Gasteiger partial charge in [0.1, 0.15) is 0 Å². The number of benzene rings is 1. The molecular formula is C14H20ClNO. The Morgan fingerprint density at radius 1 is 1.24 bits per heavy atom. The summed E-state index contributed by atoms with van der Waals surface area (Å²) in [5.74, 6) is 0. The van der Waals surface area contributed by atoms with Crippen molar-refractivity contribution in [3.8, 4) is 0 Å². The number of hydrogen-bond acceptors (Lipinski definition) is 2. The average molecular weight is 254 g/mol. The van der Waals surface area contributed by atoms with Gasteiger partial charge in [-0.1, -0.05) is 19.1 Å². The molecule has 1 aromatic carbocycles. The van der Waals surface area contributed by atoms with E-state index in [4.69, 9.17) is 11.6 Å². The number of halogens is 1. The van der Waals surface area contributed by atoms with Crippen molar-refractivity contribution in [2.45, 2.75) is 39.8 Å². The van der Waals surface area contributed by atoms with Crippen molar-refractivity contribution in [1.29, 1.82) is 0 Å². The number of carbonyl (C=O) groups excluding carboxylic acids is 1. The number of hydrogen-bond donors (Lipinski definition) is 0. The van der Waals surface area contributed by atoms with E-state index >= 15 is 0 Å². The van der Waals surface area contributed by atoms with Gasteiger partial charge < -0.3 is 0 Å². The lowest BCUT2D eigenvalue weighted by Gasteiger charge is -2.34. The molecular weight excluding hydrogens is 234 g/mol. The Labute approximate surface area is 109 Å². The van der Waals surface area contributed by atoms with Crippen LogP contribution in [0.2, 0.25) is 0 Å². The van der Waals surface area contributed by atoms with Crippen molar-refractivity contribution < 1.29 is 4.79 Å². The zero-order chi connectivity index (χ0) is 13.1. The van der Waals surface area contributed by atoms with Crippen LogP contribution < -0.4 is 0 Å². The topological polar surface area (TPSA) is 20.3 Å². The highest BCUT2D eigenvalue weighted by Gasteiger charge is 2.19. The van der Waals surface area contributed by atoms with Gasteiger partial charge in [-0.15, -0.1) is 0 Å². The first kappa shape index (κ1) is 14.2. The second-order valence-electron chi connectivity index (χ2n) is 5.16. The van der Waals surface area contributed by atoms with Gasteiger partial charge in [-0.3, -0.25) is 9.69 Å². The molecule has 0 saturated heterocycles. The third-order valence-corrected chi connectivity index (χ3v) is 3.10. The first-order valence-electron chi connectivity index (χ1n) is 5.88. The summed E-state index contributed by atoms with van der Waals surface area (Å²) < 4.78 is 0. The maximum Gasteiger partial charge on any atom is 0.252 e. The molecule has 0 atom stereocenters. The van der Waals surface area contributed by atoms with Crippen LogP contribution in [-0.2, 0) is 6.54 Å². The monoisotopic (exact) mass is 253 g/mol. The van der Waals surface area contributed by atoms with Crippen molar-refractivity contribution in [1.82, 2.24) is 4.90 Å². The Bertz CT molecular complexity index is 378. The summed E-state index contributed by atoms with van der Waals surface area (Å²) in [7, 11) is 0. The Morgan fingerprint density at radius 2 is 1.76 bits per heavy atom. The molecule has 94 valence electrons. The van der Waals surface area contributed by atoms with Gasteiger partial charge >= 0.3 is 0 Å². The lowest BCUT2D eigenvalue weighted by molar-refractivity contribution is 0.108. The molecule has 0 fully saturated rings. The van der Waals surface area contributed by atoms with E-state index in [1.165, 1.54) is 5.56 Å². The van der Waals surface area contributed by atoms with E-state index in [1.54, 1.807) is 12.1 Å². The molecule has 0 heterocycles. The van der Waals surface area contributed by atoms with Crippen molar-refractivity contribution in [2.75, 3.05) is 6.54 Å². The van der Waals surface area contributed by atoms with Crippen LogP contribution in [0.25, 0.3) is 0 Å². The standard InChI is InChI=1S/C14H20ClNO/c1-5-16(14(2,3)4)10-11-6-8-12(9-7-11)13(15)17/h6-9H,5,10H2,1-4H3. The summed E-state index contributed by atoms with van der Waals surface area (Å²) in [6.45, 7) is 10.6. The summed E-state index contributed by atoms with van der Waals surface area (Å²) in [5.41, 5.74) is 1.90. The minimum Gasteiger partial charge on any atom is -0.295 e. The summed E-state index contributed by atoms with van der Waals surface area (Å²) in [6.07, 6.45) is 0. The van der Waals surface area contributed by atoms with Crippen LogP contribution >= 0.6 is 11.6 Å². The molecule has 3 heteroatoms. The van der Waals surface area contributed by atoms with Crippen molar-refractivity contribution >= 4 is 16.8 Å². The molecule has 0 aliphatic rings. The van der Waals surface area contributed by atoms with Crippen LogP contribution in [0.1, 0.15) is 43.6 Å². The van der Waals surface area contributed by atoms with Gasteiger partial charge in [0.15, 0.2) is 0 Å². The molecule has 0 saturated carbocycles. The number of nitrogens with zero attached hydrogens (tertiary/aromatic N) is 1. The normalized spacial score (nSPS) is 11.9. The fourth-order valence-electron chi connectivity index (χ4n) is 1.78. The maximum absolute atomic E-state index is 10.9. The van der Waals surface area contributed by atoms with E-state index in [2.05, 4.69) is 32.6 Å². The SMILES string of the molecule is CCN(Cc1ccc(C(=O)Cl)cc1)C(C)(C)C. The van der Waals surface area contributed by atoms with Crippen LogP contribution in [0.4, 0.5) is 0 Å². The molecule has 2 nitrogen and oxygen atoms in total. The Balaban J connectivity index is 2.78. The largest absolute Gasteiger partial charge is 0.295 e. The van der Waals surface area contributed by atoms with Crippen molar-refractivity contribution in [2.24, 2.45) is 0 Å². The van der Waals surface area contributed by atoms with Crippen LogP contribution in [0.5, 0.6) is 0 Å². The molecule has 0 aliphatic carbocycles. The minimum absolute atomic E-state index is 0.149. The summed E-state index contributed by atoms with van der Waals surface area (Å²) in [6, 6.07) is 7.48. The highest BCUT2D eigenvalue weighted by Crippen LogP contribution is 2.17. The first-order chi connectivity index (χ1) is 7.84. The molecule has 0 bridgehead atoms. The minimum atomic E-state index is -0.403. The highest BCUT2D eigenvalue weighted by molar-refractivity contribution is 6.67. The number of carbonyl (C=O) groups is 1. The lowest BCUT2D eigenvalue weighted by atomic mass is 10.0. The summed E-state index contributed by atoms with van der Waals surface area (Å²) in [4.78, 5) is 13.3. The maximum atomic E-state index is 10.9. The van der Waals surface area contributed by atoms with Gasteiger partial charge in [-0.05, 0) is 56.6 Å². The van der Waals surface area contributed by atoms with E-state index in [0.717, 1.165) is 13.1 Å². The summed E-state index contributed by atoms with van der Waals surface area (Å²) >= 11 is 5.41. The van der Waals surface area contributed by atoms with Crippen LogP contribution in [0.15, 0.2) is 24.3 Å². The van der Waals surface area contributed by atoms with E-state index in [0.29, 0.717) is 5.56 Å². The zero-order valence-corrected chi connectivity index (χ0v) is 11.7. The van der Waals surface area contributed by atoms with Crippen LogP contribution in [0.3, 0.4) is 0 Å². The van der Waals surface area contributed by atoms with Gasteiger partial charge in [0.05, 0.1) is 0 Å². The molecule has 0 amide bonds. The van der Waals surface area contributed by atoms with E-state index in [-0.39, 0.29) is 5.54 Å². The van der Waals surface area contributed by atoms with Gasteiger partial charge in [-0.2, -0.15) is 0 Å². The molecule has 0 aliphatic heterocycles. The van der Waals surface area contributed by atoms with Gasteiger partial charge in [0.25, 0.3) is 5.24 Å². The zero-order valence-electron chi connectivity index (χ0n) is 11.0. The Kier molecular flexibility index (Phi) is 4.72. The molecule has 0 radical (unpaired) electrons. The Morgan fingerprint density at radius 3 is 2.12 bits per heavy atom. The van der Waals surface area contributed by atoms with Gasteiger partial charge in [0, 0.05) is 17.6 Å². The predicted molar refractivity (Wildman–Crippen MR) is 72.5 cm³/mol. The first-order valence-corrected chi connectivity index (χ1v) is 6.26. The second-order valence-corrected chi connectivity index (χ2v) is 5.50. The van der Waals surface area contributed by atoms with E-state index in [9.17, 15) is 4.79 Å². The highest BCUT2D eigenvalue weighted by atomic mass is 35.5. The molecule has 17 heavy (non-hydrogen) atoms. The fourth-order valence-corrected chi connectivity index (χ4v) is 1.91.